The van der Waals surface area contributed by atoms with Crippen LogP contribution < -0.4 is 5.32 Å². The molecule has 2 aromatic rings. The van der Waals surface area contributed by atoms with Crippen LogP contribution in [0.3, 0.4) is 0 Å². The van der Waals surface area contributed by atoms with E-state index in [1.54, 1.807) is 23.1 Å². The standard InChI is InChI=1S/C16H19ClN2OS2/c1-11(2)8-18-15(20)7-14-10-22-16(19-14)21-9-12-4-3-5-13(17)6-12/h3-6,10-11H,7-9H2,1-2H3,(H,18,20). The molecule has 0 saturated carbocycles. The Morgan fingerprint density at radius 1 is 1.45 bits per heavy atom. The number of hydrogen-bond donors (Lipinski definition) is 1. The molecule has 0 radical (unpaired) electrons. The number of amides is 1. The summed E-state index contributed by atoms with van der Waals surface area (Å²) in [6.07, 6.45) is 0.348. The van der Waals surface area contributed by atoms with Crippen LogP contribution in [0.2, 0.25) is 5.02 Å². The average molecular weight is 355 g/mol. The van der Waals surface area contributed by atoms with Gasteiger partial charge in [-0.05, 0) is 23.6 Å². The van der Waals surface area contributed by atoms with Crippen molar-refractivity contribution in [3.63, 3.8) is 0 Å². The molecule has 1 N–H and O–H groups in total. The Morgan fingerprint density at radius 2 is 2.27 bits per heavy atom. The van der Waals surface area contributed by atoms with Gasteiger partial charge in [0, 0.05) is 22.7 Å². The molecule has 0 aliphatic heterocycles. The van der Waals surface area contributed by atoms with E-state index >= 15 is 0 Å². The topological polar surface area (TPSA) is 42.0 Å². The summed E-state index contributed by atoms with van der Waals surface area (Å²) in [6, 6.07) is 7.83. The molecule has 1 amide bonds. The molecule has 1 aromatic heterocycles. The molecular weight excluding hydrogens is 336 g/mol. The Morgan fingerprint density at radius 3 is 3.00 bits per heavy atom. The Labute approximate surface area is 144 Å². The lowest BCUT2D eigenvalue weighted by atomic mass is 10.2. The van der Waals surface area contributed by atoms with E-state index in [-0.39, 0.29) is 5.91 Å². The molecule has 0 spiro atoms. The number of nitrogens with zero attached hydrogens (tertiary/aromatic N) is 1. The largest absolute Gasteiger partial charge is 0.356 e. The van der Waals surface area contributed by atoms with Gasteiger partial charge in [-0.3, -0.25) is 4.79 Å². The SMILES string of the molecule is CC(C)CNC(=O)Cc1csc(SCc2cccc(Cl)c2)n1. The van der Waals surface area contributed by atoms with Gasteiger partial charge in [-0.25, -0.2) is 4.98 Å². The molecule has 118 valence electrons. The summed E-state index contributed by atoms with van der Waals surface area (Å²) >= 11 is 9.22. The van der Waals surface area contributed by atoms with Crippen LogP contribution in [0.25, 0.3) is 0 Å². The van der Waals surface area contributed by atoms with Crippen molar-refractivity contribution in [2.75, 3.05) is 6.54 Å². The second-order valence-electron chi connectivity index (χ2n) is 5.40. The van der Waals surface area contributed by atoms with Gasteiger partial charge in [0.2, 0.25) is 5.91 Å². The lowest BCUT2D eigenvalue weighted by Gasteiger charge is -2.06. The van der Waals surface area contributed by atoms with E-state index in [2.05, 4.69) is 24.1 Å². The van der Waals surface area contributed by atoms with Crippen molar-refractivity contribution in [2.24, 2.45) is 5.92 Å². The van der Waals surface area contributed by atoms with Crippen molar-refractivity contribution >= 4 is 40.6 Å². The molecule has 0 aliphatic carbocycles. The third-order valence-corrected chi connectivity index (χ3v) is 5.21. The van der Waals surface area contributed by atoms with Crippen molar-refractivity contribution in [1.82, 2.24) is 10.3 Å². The van der Waals surface area contributed by atoms with Gasteiger partial charge in [-0.1, -0.05) is 49.3 Å². The fraction of sp³-hybridized carbons (Fsp3) is 0.375. The van der Waals surface area contributed by atoms with Gasteiger partial charge in [0.25, 0.3) is 0 Å². The highest BCUT2D eigenvalue weighted by molar-refractivity contribution is 8.00. The molecule has 0 atom stereocenters. The first-order valence-electron chi connectivity index (χ1n) is 7.11. The predicted molar refractivity (Wildman–Crippen MR) is 94.7 cm³/mol. The smallest absolute Gasteiger partial charge is 0.226 e. The number of thiazole rings is 1. The Kier molecular flexibility index (Phi) is 6.73. The summed E-state index contributed by atoms with van der Waals surface area (Å²) in [7, 11) is 0. The van der Waals surface area contributed by atoms with Crippen LogP contribution in [0.1, 0.15) is 25.1 Å². The summed E-state index contributed by atoms with van der Waals surface area (Å²) in [5.74, 6) is 1.32. The lowest BCUT2D eigenvalue weighted by Crippen LogP contribution is -2.28. The summed E-state index contributed by atoms with van der Waals surface area (Å²) in [4.78, 5) is 16.3. The van der Waals surface area contributed by atoms with Crippen LogP contribution >= 0.6 is 34.7 Å². The quantitative estimate of drug-likeness (QED) is 0.749. The second kappa shape index (κ2) is 8.56. The monoisotopic (exact) mass is 354 g/mol. The first-order valence-corrected chi connectivity index (χ1v) is 9.35. The van der Waals surface area contributed by atoms with Gasteiger partial charge in [0.15, 0.2) is 0 Å². The molecule has 0 fully saturated rings. The predicted octanol–water partition coefficient (Wildman–Crippen LogP) is 4.40. The maximum Gasteiger partial charge on any atom is 0.226 e. The minimum Gasteiger partial charge on any atom is -0.356 e. The maximum atomic E-state index is 11.8. The summed E-state index contributed by atoms with van der Waals surface area (Å²) in [5.41, 5.74) is 2.00. The van der Waals surface area contributed by atoms with Crippen molar-refractivity contribution in [1.29, 1.82) is 0 Å². The number of nitrogens with one attached hydrogen (secondary N) is 1. The first kappa shape index (κ1) is 17.3. The van der Waals surface area contributed by atoms with Crippen LogP contribution in [-0.2, 0) is 17.0 Å². The highest BCUT2D eigenvalue weighted by atomic mass is 35.5. The van der Waals surface area contributed by atoms with Crippen LogP contribution in [0, 0.1) is 5.92 Å². The third-order valence-electron chi connectivity index (χ3n) is 2.83. The minimum absolute atomic E-state index is 0.0328. The molecule has 1 heterocycles. The molecule has 0 unspecified atom stereocenters. The van der Waals surface area contributed by atoms with E-state index in [1.807, 2.05) is 29.6 Å². The van der Waals surface area contributed by atoms with Crippen LogP contribution in [-0.4, -0.2) is 17.4 Å². The Hall–Kier alpha value is -1.04. The third kappa shape index (κ3) is 5.99. The number of benzene rings is 1. The Balaban J connectivity index is 1.82. The molecular formula is C16H19ClN2OS2. The number of hydrogen-bond acceptors (Lipinski definition) is 4. The molecule has 0 aliphatic rings. The van der Waals surface area contributed by atoms with Gasteiger partial charge in [-0.15, -0.1) is 11.3 Å². The van der Waals surface area contributed by atoms with Gasteiger partial charge >= 0.3 is 0 Å². The maximum absolute atomic E-state index is 11.8. The van der Waals surface area contributed by atoms with E-state index in [9.17, 15) is 4.79 Å². The molecule has 2 rings (SSSR count). The first-order chi connectivity index (χ1) is 10.5. The molecule has 0 bridgehead atoms. The Bertz CT molecular complexity index is 628. The summed E-state index contributed by atoms with van der Waals surface area (Å²) in [6.45, 7) is 4.86. The highest BCUT2D eigenvalue weighted by Gasteiger charge is 2.08. The normalized spacial score (nSPS) is 10.9. The zero-order chi connectivity index (χ0) is 15.9. The van der Waals surface area contributed by atoms with Crippen LogP contribution in [0.4, 0.5) is 0 Å². The zero-order valence-corrected chi connectivity index (χ0v) is 15.0. The van der Waals surface area contributed by atoms with Crippen molar-refractivity contribution in [3.8, 4) is 0 Å². The second-order valence-corrected chi connectivity index (χ2v) is 7.92. The number of aromatic nitrogens is 1. The van der Waals surface area contributed by atoms with E-state index in [0.29, 0.717) is 18.9 Å². The minimum atomic E-state index is 0.0328. The number of carbonyl (C=O) groups is 1. The van der Waals surface area contributed by atoms with Crippen LogP contribution in [0.15, 0.2) is 34.0 Å². The molecule has 3 nitrogen and oxygen atoms in total. The van der Waals surface area contributed by atoms with Gasteiger partial charge in [-0.2, -0.15) is 0 Å². The van der Waals surface area contributed by atoms with Gasteiger partial charge in [0.05, 0.1) is 12.1 Å². The lowest BCUT2D eigenvalue weighted by molar-refractivity contribution is -0.120. The van der Waals surface area contributed by atoms with Crippen molar-refractivity contribution in [3.05, 3.63) is 45.9 Å². The molecule has 0 saturated heterocycles. The number of halogens is 1. The van der Waals surface area contributed by atoms with Gasteiger partial charge in [0.1, 0.15) is 4.34 Å². The summed E-state index contributed by atoms with van der Waals surface area (Å²) in [5, 5.41) is 5.61. The van der Waals surface area contributed by atoms with E-state index in [1.165, 1.54) is 5.56 Å². The number of thioether (sulfide) groups is 1. The van der Waals surface area contributed by atoms with E-state index in [4.69, 9.17) is 11.6 Å². The summed E-state index contributed by atoms with van der Waals surface area (Å²) < 4.78 is 0.978. The molecule has 1 aromatic carbocycles. The average Bonchev–Trinajstić information content (AvgIpc) is 2.90. The number of carbonyl (C=O) groups excluding carboxylic acids is 1. The van der Waals surface area contributed by atoms with Gasteiger partial charge < -0.3 is 5.32 Å². The van der Waals surface area contributed by atoms with E-state index in [0.717, 1.165) is 20.8 Å². The van der Waals surface area contributed by atoms with E-state index < -0.39 is 0 Å². The van der Waals surface area contributed by atoms with Crippen molar-refractivity contribution in [2.45, 2.75) is 30.4 Å². The van der Waals surface area contributed by atoms with Crippen LogP contribution in [0.5, 0.6) is 0 Å². The molecule has 6 heteroatoms. The van der Waals surface area contributed by atoms with Crippen molar-refractivity contribution < 1.29 is 4.79 Å². The fourth-order valence-electron chi connectivity index (χ4n) is 1.75. The fourth-order valence-corrected chi connectivity index (χ4v) is 3.75. The molecule has 22 heavy (non-hydrogen) atoms. The zero-order valence-electron chi connectivity index (χ0n) is 12.6. The number of rotatable bonds is 7. The highest BCUT2D eigenvalue weighted by Crippen LogP contribution is 2.27.